The Morgan fingerprint density at radius 1 is 1.04 bits per heavy atom. The van der Waals surface area contributed by atoms with Crippen molar-refractivity contribution in [2.75, 3.05) is 11.4 Å². The highest BCUT2D eigenvalue weighted by molar-refractivity contribution is 6.31. The lowest BCUT2D eigenvalue weighted by Gasteiger charge is -2.15. The molecule has 0 radical (unpaired) electrons. The number of nitrogens with zero attached hydrogens (tertiary/aromatic N) is 1. The average molecular weight is 329 g/mol. The number of benzene rings is 2. The molecule has 0 aromatic heterocycles. The van der Waals surface area contributed by atoms with Gasteiger partial charge in [-0.3, -0.25) is 9.59 Å². The molecule has 0 spiro atoms. The van der Waals surface area contributed by atoms with E-state index in [1.54, 1.807) is 12.1 Å². The van der Waals surface area contributed by atoms with Crippen LogP contribution in [0.5, 0.6) is 0 Å². The van der Waals surface area contributed by atoms with Crippen molar-refractivity contribution in [2.24, 2.45) is 0 Å². The molecule has 23 heavy (non-hydrogen) atoms. The van der Waals surface area contributed by atoms with E-state index < -0.39 is 6.04 Å². The summed E-state index contributed by atoms with van der Waals surface area (Å²) in [5.74, 6) is -0.364. The van der Waals surface area contributed by atoms with E-state index in [0.29, 0.717) is 23.7 Å². The molecule has 3 rings (SSSR count). The number of rotatable bonds is 5. The fourth-order valence-electron chi connectivity index (χ4n) is 2.72. The molecule has 1 fully saturated rings. The first-order valence-electron chi connectivity index (χ1n) is 7.55. The summed E-state index contributed by atoms with van der Waals surface area (Å²) >= 11 is 6.12. The van der Waals surface area contributed by atoms with E-state index in [4.69, 9.17) is 11.6 Å². The zero-order valence-electron chi connectivity index (χ0n) is 12.5. The second kappa shape index (κ2) is 6.94. The minimum Gasteiger partial charge on any atom is -0.305 e. The Hall–Kier alpha value is -2.17. The predicted octanol–water partition coefficient (Wildman–Crippen LogP) is 2.80. The quantitative estimate of drug-likeness (QED) is 0.859. The number of anilines is 1. The predicted molar refractivity (Wildman–Crippen MR) is 90.5 cm³/mol. The molecule has 2 amide bonds. The maximum Gasteiger partial charge on any atom is 0.251 e. The number of carbonyl (C=O) groups excluding carboxylic acids is 2. The Balaban J connectivity index is 1.61. The lowest BCUT2D eigenvalue weighted by molar-refractivity contribution is -0.121. The van der Waals surface area contributed by atoms with Crippen LogP contribution in [-0.2, 0) is 16.0 Å². The number of imide groups is 1. The molecule has 0 saturated carbocycles. The average Bonchev–Trinajstić information content (AvgIpc) is 2.84. The van der Waals surface area contributed by atoms with E-state index in [-0.39, 0.29) is 18.2 Å². The third-order valence-electron chi connectivity index (χ3n) is 3.90. The summed E-state index contributed by atoms with van der Waals surface area (Å²) in [7, 11) is 0. The molecule has 5 heteroatoms. The summed E-state index contributed by atoms with van der Waals surface area (Å²) < 4.78 is 0. The molecule has 4 nitrogen and oxygen atoms in total. The molecule has 2 aromatic carbocycles. The zero-order valence-corrected chi connectivity index (χ0v) is 13.3. The minimum absolute atomic E-state index is 0.170. The van der Waals surface area contributed by atoms with Crippen LogP contribution in [0.15, 0.2) is 54.6 Å². The fraction of sp³-hybridized carbons (Fsp3) is 0.222. The summed E-state index contributed by atoms with van der Waals surface area (Å²) in [6.07, 6.45) is 0.902. The highest BCUT2D eigenvalue weighted by atomic mass is 35.5. The van der Waals surface area contributed by atoms with Gasteiger partial charge in [0, 0.05) is 5.02 Å². The topological polar surface area (TPSA) is 49.4 Å². The van der Waals surface area contributed by atoms with Gasteiger partial charge in [0.25, 0.3) is 5.91 Å². The maximum atomic E-state index is 12.4. The van der Waals surface area contributed by atoms with Gasteiger partial charge in [-0.1, -0.05) is 48.0 Å². The maximum absolute atomic E-state index is 12.4. The number of nitrogens with one attached hydrogen (secondary N) is 1. The van der Waals surface area contributed by atoms with Gasteiger partial charge in [-0.05, 0) is 36.7 Å². The number of amides is 2. The van der Waals surface area contributed by atoms with Crippen LogP contribution in [0.1, 0.15) is 12.0 Å². The lowest BCUT2D eigenvalue weighted by Crippen LogP contribution is -2.39. The van der Waals surface area contributed by atoms with Crippen molar-refractivity contribution in [3.8, 4) is 0 Å². The first-order valence-corrected chi connectivity index (χ1v) is 7.93. The highest BCUT2D eigenvalue weighted by Crippen LogP contribution is 2.22. The summed E-state index contributed by atoms with van der Waals surface area (Å²) in [4.78, 5) is 25.8. The Labute approximate surface area is 140 Å². The summed E-state index contributed by atoms with van der Waals surface area (Å²) in [5, 5.41) is 3.88. The molecule has 2 aromatic rings. The van der Waals surface area contributed by atoms with Crippen LogP contribution in [0.3, 0.4) is 0 Å². The zero-order chi connectivity index (χ0) is 16.2. The van der Waals surface area contributed by atoms with E-state index in [1.807, 2.05) is 42.5 Å². The van der Waals surface area contributed by atoms with Gasteiger partial charge in [-0.2, -0.15) is 0 Å². The molecular weight excluding hydrogens is 312 g/mol. The summed E-state index contributed by atoms with van der Waals surface area (Å²) in [6, 6.07) is 16.2. The Bertz CT molecular complexity index is 718. The number of hydrogen-bond donors (Lipinski definition) is 1. The first kappa shape index (κ1) is 15.7. The van der Waals surface area contributed by atoms with E-state index in [1.165, 1.54) is 4.90 Å². The van der Waals surface area contributed by atoms with Crippen molar-refractivity contribution < 1.29 is 9.59 Å². The molecule has 1 saturated heterocycles. The van der Waals surface area contributed by atoms with E-state index >= 15 is 0 Å². The van der Waals surface area contributed by atoms with Gasteiger partial charge < -0.3 is 5.32 Å². The molecule has 0 aliphatic carbocycles. The van der Waals surface area contributed by atoms with Gasteiger partial charge in [0.15, 0.2) is 0 Å². The van der Waals surface area contributed by atoms with Gasteiger partial charge in [-0.15, -0.1) is 0 Å². The molecule has 1 heterocycles. The van der Waals surface area contributed by atoms with E-state index in [0.717, 1.165) is 5.56 Å². The van der Waals surface area contributed by atoms with Crippen molar-refractivity contribution in [1.82, 2.24) is 5.32 Å². The Morgan fingerprint density at radius 3 is 2.48 bits per heavy atom. The van der Waals surface area contributed by atoms with Crippen molar-refractivity contribution in [3.05, 3.63) is 65.2 Å². The Kier molecular flexibility index (Phi) is 4.74. The normalized spacial score (nSPS) is 17.8. The van der Waals surface area contributed by atoms with Crippen LogP contribution >= 0.6 is 11.6 Å². The second-order valence-electron chi connectivity index (χ2n) is 5.46. The minimum atomic E-state index is -0.467. The number of hydrogen-bond acceptors (Lipinski definition) is 3. The first-order chi connectivity index (χ1) is 11.2. The molecule has 1 atom stereocenters. The molecule has 118 valence electrons. The molecule has 0 bridgehead atoms. The van der Waals surface area contributed by atoms with Gasteiger partial charge >= 0.3 is 0 Å². The van der Waals surface area contributed by atoms with Gasteiger partial charge in [0.1, 0.15) is 0 Å². The monoisotopic (exact) mass is 328 g/mol. The van der Waals surface area contributed by atoms with Crippen LogP contribution in [0.4, 0.5) is 5.69 Å². The van der Waals surface area contributed by atoms with Crippen LogP contribution in [0.2, 0.25) is 5.02 Å². The molecular formula is C18H17ClN2O2. The molecule has 1 N–H and O–H groups in total. The van der Waals surface area contributed by atoms with Crippen molar-refractivity contribution in [1.29, 1.82) is 0 Å². The lowest BCUT2D eigenvalue weighted by atomic mass is 10.1. The SMILES string of the molecule is O=C1C[C@@H](NCCc2ccccc2Cl)C(=O)N1c1ccccc1. The van der Waals surface area contributed by atoms with Crippen LogP contribution in [-0.4, -0.2) is 24.4 Å². The van der Waals surface area contributed by atoms with Gasteiger partial charge in [-0.25, -0.2) is 4.90 Å². The highest BCUT2D eigenvalue weighted by Gasteiger charge is 2.38. The summed E-state index contributed by atoms with van der Waals surface area (Å²) in [5.41, 5.74) is 1.65. The van der Waals surface area contributed by atoms with Crippen LogP contribution in [0, 0.1) is 0 Å². The van der Waals surface area contributed by atoms with E-state index in [2.05, 4.69) is 5.32 Å². The van der Waals surface area contributed by atoms with Crippen molar-refractivity contribution in [2.45, 2.75) is 18.9 Å². The standard InChI is InChI=1S/C18H17ClN2O2/c19-15-9-5-4-6-13(15)10-11-20-16-12-17(22)21(18(16)23)14-7-2-1-3-8-14/h1-9,16,20H,10-12H2/t16-/m1/s1. The molecule has 1 aliphatic heterocycles. The van der Waals surface area contributed by atoms with Gasteiger partial charge in [0.2, 0.25) is 5.91 Å². The van der Waals surface area contributed by atoms with Crippen molar-refractivity contribution in [3.63, 3.8) is 0 Å². The summed E-state index contributed by atoms with van der Waals surface area (Å²) in [6.45, 7) is 0.593. The second-order valence-corrected chi connectivity index (χ2v) is 5.86. The van der Waals surface area contributed by atoms with E-state index in [9.17, 15) is 9.59 Å². The third-order valence-corrected chi connectivity index (χ3v) is 4.27. The fourth-order valence-corrected chi connectivity index (χ4v) is 2.95. The largest absolute Gasteiger partial charge is 0.305 e. The van der Waals surface area contributed by atoms with Gasteiger partial charge in [0.05, 0.1) is 18.2 Å². The molecule has 0 unspecified atom stereocenters. The number of carbonyl (C=O) groups is 2. The van der Waals surface area contributed by atoms with Crippen molar-refractivity contribution >= 4 is 29.1 Å². The smallest absolute Gasteiger partial charge is 0.251 e. The Morgan fingerprint density at radius 2 is 1.74 bits per heavy atom. The van der Waals surface area contributed by atoms with Crippen LogP contribution < -0.4 is 10.2 Å². The number of para-hydroxylation sites is 1. The third kappa shape index (κ3) is 3.44. The van der Waals surface area contributed by atoms with Crippen LogP contribution in [0.25, 0.3) is 0 Å². The molecule has 1 aliphatic rings. The number of halogens is 1.